The molecule has 1 aromatic rings. The second kappa shape index (κ2) is 5.80. The Balaban J connectivity index is 1.69. The quantitative estimate of drug-likeness (QED) is 0.864. The van der Waals surface area contributed by atoms with Crippen molar-refractivity contribution < 1.29 is 9.21 Å². The summed E-state index contributed by atoms with van der Waals surface area (Å²) in [6.45, 7) is 2.34. The summed E-state index contributed by atoms with van der Waals surface area (Å²) in [5, 5.41) is 10.6. The summed E-state index contributed by atoms with van der Waals surface area (Å²) in [4.78, 5) is 11.8. The first-order valence-electron chi connectivity index (χ1n) is 6.32. The predicted octanol–water partition coefficient (Wildman–Crippen LogP) is 1.62. The fraction of sp³-hybridized carbons (Fsp3) is 0.750. The van der Waals surface area contributed by atoms with Crippen molar-refractivity contribution in [1.82, 2.24) is 15.5 Å². The van der Waals surface area contributed by atoms with Crippen LogP contribution < -0.4 is 5.32 Å². The number of aryl methyl sites for hydroxylation is 1. The molecule has 0 unspecified atom stereocenters. The van der Waals surface area contributed by atoms with Gasteiger partial charge in [0.25, 0.3) is 0 Å². The minimum absolute atomic E-state index is 0.181. The lowest BCUT2D eigenvalue weighted by atomic mass is 9.89. The third-order valence-corrected chi connectivity index (χ3v) is 3.18. The number of hydrogen-bond acceptors (Lipinski definition) is 4. The van der Waals surface area contributed by atoms with Gasteiger partial charge in [-0.3, -0.25) is 4.79 Å². The summed E-state index contributed by atoms with van der Waals surface area (Å²) < 4.78 is 5.24. The molecule has 0 atom stereocenters. The number of nitrogens with zero attached hydrogens (tertiary/aromatic N) is 2. The molecule has 0 radical (unpaired) electrons. The Hall–Kier alpha value is -1.39. The van der Waals surface area contributed by atoms with Crippen LogP contribution in [0.2, 0.25) is 0 Å². The first-order valence-corrected chi connectivity index (χ1v) is 6.32. The molecule has 1 aromatic heterocycles. The van der Waals surface area contributed by atoms with E-state index in [1.807, 2.05) is 0 Å². The van der Waals surface area contributed by atoms with Gasteiger partial charge in [0.1, 0.15) is 0 Å². The van der Waals surface area contributed by atoms with Crippen molar-refractivity contribution in [2.24, 2.45) is 5.92 Å². The standard InChI is InChI=1S/C12H19N3O2/c1-9-14-15-11(17-9)7-8-13-12(16)10-5-3-2-4-6-10/h10H,2-8H2,1H3,(H,13,16). The van der Waals surface area contributed by atoms with Gasteiger partial charge in [-0.1, -0.05) is 19.3 Å². The summed E-state index contributed by atoms with van der Waals surface area (Å²) >= 11 is 0. The molecule has 5 heteroatoms. The van der Waals surface area contributed by atoms with Crippen molar-refractivity contribution in [2.75, 3.05) is 6.54 Å². The van der Waals surface area contributed by atoms with Crippen LogP contribution in [0.3, 0.4) is 0 Å². The van der Waals surface area contributed by atoms with Gasteiger partial charge in [0.15, 0.2) is 0 Å². The molecule has 1 aliphatic carbocycles. The molecule has 0 spiro atoms. The van der Waals surface area contributed by atoms with Gasteiger partial charge in [0.05, 0.1) is 0 Å². The maximum Gasteiger partial charge on any atom is 0.223 e. The van der Waals surface area contributed by atoms with Crippen molar-refractivity contribution >= 4 is 5.91 Å². The number of amides is 1. The van der Waals surface area contributed by atoms with Crippen molar-refractivity contribution in [3.8, 4) is 0 Å². The molecule has 94 valence electrons. The fourth-order valence-electron chi connectivity index (χ4n) is 2.24. The average Bonchev–Trinajstić information content (AvgIpc) is 2.76. The smallest absolute Gasteiger partial charge is 0.223 e. The van der Waals surface area contributed by atoms with Gasteiger partial charge < -0.3 is 9.73 Å². The maximum atomic E-state index is 11.8. The second-order valence-corrected chi connectivity index (χ2v) is 4.59. The van der Waals surface area contributed by atoms with E-state index in [0.717, 1.165) is 12.8 Å². The van der Waals surface area contributed by atoms with E-state index in [-0.39, 0.29) is 11.8 Å². The number of nitrogens with one attached hydrogen (secondary N) is 1. The molecular weight excluding hydrogens is 218 g/mol. The Bertz CT molecular complexity index is 370. The number of aromatic nitrogens is 2. The molecule has 5 nitrogen and oxygen atoms in total. The van der Waals surface area contributed by atoms with Crippen LogP contribution in [-0.4, -0.2) is 22.6 Å². The summed E-state index contributed by atoms with van der Waals surface area (Å²) in [6.07, 6.45) is 6.31. The molecule has 1 aliphatic rings. The lowest BCUT2D eigenvalue weighted by Gasteiger charge is -2.20. The van der Waals surface area contributed by atoms with Gasteiger partial charge in [-0.15, -0.1) is 10.2 Å². The molecule has 1 N–H and O–H groups in total. The Morgan fingerprint density at radius 2 is 2.12 bits per heavy atom. The van der Waals surface area contributed by atoms with Crippen LogP contribution in [0.15, 0.2) is 4.42 Å². The van der Waals surface area contributed by atoms with Gasteiger partial charge in [-0.25, -0.2) is 0 Å². The van der Waals surface area contributed by atoms with Crippen molar-refractivity contribution in [1.29, 1.82) is 0 Å². The molecule has 0 aromatic carbocycles. The monoisotopic (exact) mass is 237 g/mol. The Morgan fingerprint density at radius 1 is 1.35 bits per heavy atom. The van der Waals surface area contributed by atoms with Crippen molar-refractivity contribution in [2.45, 2.75) is 45.4 Å². The minimum Gasteiger partial charge on any atom is -0.426 e. The molecule has 1 amide bonds. The van der Waals surface area contributed by atoms with Crippen LogP contribution in [0.5, 0.6) is 0 Å². The van der Waals surface area contributed by atoms with Gasteiger partial charge in [-0.2, -0.15) is 0 Å². The summed E-state index contributed by atoms with van der Waals surface area (Å²) in [6, 6.07) is 0. The van der Waals surface area contributed by atoms with Crippen LogP contribution >= 0.6 is 0 Å². The molecule has 1 saturated carbocycles. The van der Waals surface area contributed by atoms with E-state index in [9.17, 15) is 4.79 Å². The highest BCUT2D eigenvalue weighted by Gasteiger charge is 2.20. The van der Waals surface area contributed by atoms with Gasteiger partial charge >= 0.3 is 0 Å². The zero-order valence-corrected chi connectivity index (χ0v) is 10.2. The lowest BCUT2D eigenvalue weighted by Crippen LogP contribution is -2.33. The Morgan fingerprint density at radius 3 is 2.76 bits per heavy atom. The van der Waals surface area contributed by atoms with Crippen molar-refractivity contribution in [3.05, 3.63) is 11.8 Å². The topological polar surface area (TPSA) is 68.0 Å². The highest BCUT2D eigenvalue weighted by molar-refractivity contribution is 5.78. The van der Waals surface area contributed by atoms with Gasteiger partial charge in [0, 0.05) is 25.8 Å². The largest absolute Gasteiger partial charge is 0.426 e. The molecule has 0 aliphatic heterocycles. The molecule has 0 bridgehead atoms. The van der Waals surface area contributed by atoms with Crippen LogP contribution in [0.25, 0.3) is 0 Å². The number of rotatable bonds is 4. The first kappa shape index (κ1) is 12.1. The van der Waals surface area contributed by atoms with E-state index in [0.29, 0.717) is 24.7 Å². The zero-order chi connectivity index (χ0) is 12.1. The number of hydrogen-bond donors (Lipinski definition) is 1. The van der Waals surface area contributed by atoms with E-state index in [4.69, 9.17) is 4.42 Å². The first-order chi connectivity index (χ1) is 8.25. The highest BCUT2D eigenvalue weighted by Crippen LogP contribution is 2.23. The molecule has 1 fully saturated rings. The minimum atomic E-state index is 0.181. The number of carbonyl (C=O) groups is 1. The molecular formula is C12H19N3O2. The SMILES string of the molecule is Cc1nnc(CCNC(=O)C2CCCCC2)o1. The highest BCUT2D eigenvalue weighted by atomic mass is 16.4. The van der Waals surface area contributed by atoms with Crippen molar-refractivity contribution in [3.63, 3.8) is 0 Å². The van der Waals surface area contributed by atoms with Crippen LogP contribution in [0, 0.1) is 12.8 Å². The average molecular weight is 237 g/mol. The third-order valence-electron chi connectivity index (χ3n) is 3.18. The van der Waals surface area contributed by atoms with Crippen LogP contribution in [0.1, 0.15) is 43.9 Å². The summed E-state index contributed by atoms with van der Waals surface area (Å²) in [5.74, 6) is 1.55. The Labute approximate surface area is 101 Å². The zero-order valence-electron chi connectivity index (χ0n) is 10.2. The number of carbonyl (C=O) groups excluding carboxylic acids is 1. The van der Waals surface area contributed by atoms with E-state index in [2.05, 4.69) is 15.5 Å². The molecule has 17 heavy (non-hydrogen) atoms. The van der Waals surface area contributed by atoms with Gasteiger partial charge in [-0.05, 0) is 12.8 Å². The predicted molar refractivity (Wildman–Crippen MR) is 62.3 cm³/mol. The van der Waals surface area contributed by atoms with Crippen LogP contribution in [0.4, 0.5) is 0 Å². The summed E-state index contributed by atoms with van der Waals surface area (Å²) in [5.41, 5.74) is 0. The maximum absolute atomic E-state index is 11.8. The van der Waals surface area contributed by atoms with Gasteiger partial charge in [0.2, 0.25) is 17.7 Å². The molecule has 1 heterocycles. The molecule has 0 saturated heterocycles. The van der Waals surface area contributed by atoms with Crippen LogP contribution in [-0.2, 0) is 11.2 Å². The second-order valence-electron chi connectivity index (χ2n) is 4.59. The van der Waals surface area contributed by atoms with E-state index < -0.39 is 0 Å². The Kier molecular flexibility index (Phi) is 4.12. The third kappa shape index (κ3) is 3.54. The van der Waals surface area contributed by atoms with E-state index in [1.165, 1.54) is 19.3 Å². The van der Waals surface area contributed by atoms with E-state index in [1.54, 1.807) is 6.92 Å². The molecule has 2 rings (SSSR count). The fourth-order valence-corrected chi connectivity index (χ4v) is 2.24. The van der Waals surface area contributed by atoms with E-state index >= 15 is 0 Å². The normalized spacial score (nSPS) is 17.0. The lowest BCUT2D eigenvalue weighted by molar-refractivity contribution is -0.125. The summed E-state index contributed by atoms with van der Waals surface area (Å²) in [7, 11) is 0.